The Bertz CT molecular complexity index is 831. The standard InChI is InChI=1S/C16H12F2NO3PS/c17-13-5-1-11(2-6-13)16(23(20,21)22,15-19-9-10-24-15)12-3-7-14(18)8-4-12/h1-10H,(H2,20,21,22). The van der Waals surface area contributed by atoms with Crippen LogP contribution in [0, 0.1) is 11.6 Å². The number of hydrogen-bond donors (Lipinski definition) is 2. The molecule has 0 aliphatic carbocycles. The average molecular weight is 367 g/mol. The molecule has 2 aromatic carbocycles. The van der Waals surface area contributed by atoms with Gasteiger partial charge in [0.05, 0.1) is 0 Å². The Kier molecular flexibility index (Phi) is 4.36. The molecule has 0 saturated carbocycles. The third-order valence-corrected chi connectivity index (χ3v) is 6.35. The molecule has 0 radical (unpaired) electrons. The lowest BCUT2D eigenvalue weighted by Gasteiger charge is -2.33. The van der Waals surface area contributed by atoms with Crippen LogP contribution in [-0.4, -0.2) is 14.8 Å². The van der Waals surface area contributed by atoms with Crippen LogP contribution in [0.4, 0.5) is 8.78 Å². The lowest BCUT2D eigenvalue weighted by atomic mass is 9.90. The van der Waals surface area contributed by atoms with E-state index in [1.807, 2.05) is 0 Å². The first kappa shape index (κ1) is 16.9. The highest BCUT2D eigenvalue weighted by Gasteiger charge is 2.53. The highest BCUT2D eigenvalue weighted by Crippen LogP contribution is 2.64. The summed E-state index contributed by atoms with van der Waals surface area (Å²) >= 11 is 1.06. The van der Waals surface area contributed by atoms with E-state index in [0.29, 0.717) is 0 Å². The molecule has 8 heteroatoms. The lowest BCUT2D eigenvalue weighted by Crippen LogP contribution is -2.29. The second-order valence-electron chi connectivity index (χ2n) is 5.11. The monoisotopic (exact) mass is 367 g/mol. The Morgan fingerprint density at radius 1 is 0.917 bits per heavy atom. The molecule has 2 N–H and O–H groups in total. The Morgan fingerprint density at radius 2 is 1.38 bits per heavy atom. The van der Waals surface area contributed by atoms with Gasteiger partial charge in [-0.2, -0.15) is 0 Å². The van der Waals surface area contributed by atoms with Crippen LogP contribution in [0.25, 0.3) is 0 Å². The predicted octanol–water partition coefficient (Wildman–Crippen LogP) is 3.89. The van der Waals surface area contributed by atoms with Gasteiger partial charge in [0.25, 0.3) is 0 Å². The van der Waals surface area contributed by atoms with Crippen LogP contribution in [0.3, 0.4) is 0 Å². The van der Waals surface area contributed by atoms with E-state index in [9.17, 15) is 23.1 Å². The van der Waals surface area contributed by atoms with Crippen molar-refractivity contribution >= 4 is 18.9 Å². The quantitative estimate of drug-likeness (QED) is 0.687. The van der Waals surface area contributed by atoms with E-state index in [1.165, 1.54) is 30.5 Å². The van der Waals surface area contributed by atoms with Crippen molar-refractivity contribution in [1.29, 1.82) is 0 Å². The maximum Gasteiger partial charge on any atom is 0.347 e. The molecule has 0 unspecified atom stereocenters. The van der Waals surface area contributed by atoms with Gasteiger partial charge >= 0.3 is 7.60 Å². The predicted molar refractivity (Wildman–Crippen MR) is 86.8 cm³/mol. The highest BCUT2D eigenvalue weighted by molar-refractivity contribution is 7.54. The van der Waals surface area contributed by atoms with Crippen LogP contribution in [0.5, 0.6) is 0 Å². The molecule has 1 heterocycles. The summed E-state index contributed by atoms with van der Waals surface area (Å²) in [6.45, 7) is 0. The third-order valence-electron chi connectivity index (χ3n) is 3.70. The van der Waals surface area contributed by atoms with Crippen molar-refractivity contribution in [3.63, 3.8) is 0 Å². The van der Waals surface area contributed by atoms with E-state index in [2.05, 4.69) is 4.98 Å². The van der Waals surface area contributed by atoms with E-state index in [-0.39, 0.29) is 16.1 Å². The molecule has 24 heavy (non-hydrogen) atoms. The maximum atomic E-state index is 13.3. The fraction of sp³-hybridized carbons (Fsp3) is 0.0625. The van der Waals surface area contributed by atoms with E-state index >= 15 is 0 Å². The number of benzene rings is 2. The maximum absolute atomic E-state index is 13.3. The highest BCUT2D eigenvalue weighted by atomic mass is 32.1. The molecule has 0 aliphatic heterocycles. The van der Waals surface area contributed by atoms with E-state index < -0.39 is 24.4 Å². The Morgan fingerprint density at radius 3 is 1.71 bits per heavy atom. The van der Waals surface area contributed by atoms with Gasteiger partial charge in [-0.3, -0.25) is 4.57 Å². The fourth-order valence-electron chi connectivity index (χ4n) is 2.66. The molecule has 4 nitrogen and oxygen atoms in total. The van der Waals surface area contributed by atoms with Crippen LogP contribution in [0.15, 0.2) is 60.1 Å². The minimum absolute atomic E-state index is 0.147. The number of aromatic nitrogens is 1. The van der Waals surface area contributed by atoms with Crippen molar-refractivity contribution in [3.8, 4) is 0 Å². The van der Waals surface area contributed by atoms with Crippen LogP contribution in [-0.2, 0) is 9.72 Å². The molecule has 0 fully saturated rings. The summed E-state index contributed by atoms with van der Waals surface area (Å²) in [5.41, 5.74) is 0.359. The molecule has 0 aliphatic rings. The molecular weight excluding hydrogens is 355 g/mol. The summed E-state index contributed by atoms with van der Waals surface area (Å²) in [4.78, 5) is 24.6. The first-order chi connectivity index (χ1) is 11.4. The minimum Gasteiger partial charge on any atom is -0.323 e. The topological polar surface area (TPSA) is 70.4 Å². The second-order valence-corrected chi connectivity index (χ2v) is 7.76. The molecule has 0 amide bonds. The number of nitrogens with zero attached hydrogens (tertiary/aromatic N) is 1. The Hall–Kier alpha value is -1.92. The van der Waals surface area contributed by atoms with E-state index in [1.54, 1.807) is 5.38 Å². The van der Waals surface area contributed by atoms with Crippen LogP contribution < -0.4 is 0 Å². The molecule has 124 valence electrons. The van der Waals surface area contributed by atoms with Crippen molar-refractivity contribution < 1.29 is 23.1 Å². The van der Waals surface area contributed by atoms with Crippen LogP contribution in [0.1, 0.15) is 16.1 Å². The smallest absolute Gasteiger partial charge is 0.323 e. The van der Waals surface area contributed by atoms with Gasteiger partial charge in [-0.25, -0.2) is 13.8 Å². The van der Waals surface area contributed by atoms with E-state index in [4.69, 9.17) is 0 Å². The zero-order valence-electron chi connectivity index (χ0n) is 12.1. The average Bonchev–Trinajstić information content (AvgIpc) is 3.05. The Balaban J connectivity index is 2.40. The van der Waals surface area contributed by atoms with Gasteiger partial charge in [0.2, 0.25) is 0 Å². The van der Waals surface area contributed by atoms with Gasteiger partial charge in [-0.15, -0.1) is 11.3 Å². The summed E-state index contributed by atoms with van der Waals surface area (Å²) in [6.07, 6.45) is 1.43. The summed E-state index contributed by atoms with van der Waals surface area (Å²) in [7, 11) is -4.87. The van der Waals surface area contributed by atoms with Gasteiger partial charge in [-0.05, 0) is 35.4 Å². The molecule has 3 rings (SSSR count). The van der Waals surface area contributed by atoms with Gasteiger partial charge in [0.15, 0.2) is 5.16 Å². The largest absolute Gasteiger partial charge is 0.347 e. The normalized spacial score (nSPS) is 12.3. The summed E-state index contributed by atoms with van der Waals surface area (Å²) < 4.78 is 39.2. The SMILES string of the molecule is O=P(O)(O)C(c1ccc(F)cc1)(c1ccc(F)cc1)c1nccs1. The van der Waals surface area contributed by atoms with Crippen molar-refractivity contribution in [2.75, 3.05) is 0 Å². The van der Waals surface area contributed by atoms with Crippen LogP contribution in [0.2, 0.25) is 0 Å². The molecule has 0 spiro atoms. The summed E-state index contributed by atoms with van der Waals surface area (Å²) in [6, 6.07) is 9.71. The van der Waals surface area contributed by atoms with Gasteiger partial charge in [0.1, 0.15) is 16.6 Å². The third kappa shape index (κ3) is 2.70. The molecule has 1 aromatic heterocycles. The fourth-order valence-corrected chi connectivity index (χ4v) is 5.23. The first-order valence-corrected chi connectivity index (χ1v) is 9.32. The lowest BCUT2D eigenvalue weighted by molar-refractivity contribution is 0.349. The minimum atomic E-state index is -4.87. The van der Waals surface area contributed by atoms with Crippen molar-refractivity contribution in [2.24, 2.45) is 0 Å². The second kappa shape index (κ2) is 6.18. The van der Waals surface area contributed by atoms with Gasteiger partial charge in [-0.1, -0.05) is 24.3 Å². The van der Waals surface area contributed by atoms with Crippen molar-refractivity contribution in [1.82, 2.24) is 4.98 Å². The number of rotatable bonds is 4. The Labute approximate surface area is 140 Å². The van der Waals surface area contributed by atoms with Gasteiger partial charge in [0, 0.05) is 11.6 Å². The zero-order chi connectivity index (χ0) is 17.4. The molecule has 3 aromatic rings. The summed E-state index contributed by atoms with van der Waals surface area (Å²) in [5, 5.41) is -0.191. The van der Waals surface area contributed by atoms with E-state index in [0.717, 1.165) is 35.6 Å². The molecule has 0 atom stereocenters. The molecule has 0 saturated heterocycles. The number of thiazole rings is 1. The van der Waals surface area contributed by atoms with Crippen LogP contribution >= 0.6 is 18.9 Å². The summed E-state index contributed by atoms with van der Waals surface area (Å²) in [5.74, 6) is -1.06. The first-order valence-electron chi connectivity index (χ1n) is 6.83. The number of halogens is 2. The van der Waals surface area contributed by atoms with Crippen molar-refractivity contribution in [2.45, 2.75) is 5.16 Å². The molecular formula is C16H12F2NO3PS. The zero-order valence-corrected chi connectivity index (χ0v) is 13.8. The van der Waals surface area contributed by atoms with Crippen molar-refractivity contribution in [3.05, 3.63) is 87.9 Å². The number of hydrogen-bond acceptors (Lipinski definition) is 3. The molecule has 0 bridgehead atoms. The van der Waals surface area contributed by atoms with Gasteiger partial charge < -0.3 is 9.79 Å².